The molecule has 2 aromatic rings. The Kier molecular flexibility index (Phi) is 6.70. The van der Waals surface area contributed by atoms with Gasteiger partial charge in [-0.1, -0.05) is 29.8 Å². The van der Waals surface area contributed by atoms with Crippen LogP contribution in [0.4, 0.5) is 5.95 Å². The highest BCUT2D eigenvalue weighted by Crippen LogP contribution is 2.22. The van der Waals surface area contributed by atoms with Crippen molar-refractivity contribution in [1.29, 1.82) is 0 Å². The van der Waals surface area contributed by atoms with Crippen molar-refractivity contribution < 1.29 is 9.53 Å². The lowest BCUT2D eigenvalue weighted by atomic mass is 10.1. The average Bonchev–Trinajstić information content (AvgIpc) is 2.68. The van der Waals surface area contributed by atoms with Gasteiger partial charge in [0.25, 0.3) is 5.56 Å². The Labute approximate surface area is 169 Å². The van der Waals surface area contributed by atoms with E-state index in [0.29, 0.717) is 55.0 Å². The van der Waals surface area contributed by atoms with E-state index in [0.717, 1.165) is 5.56 Å². The fraction of sp³-hybridized carbons (Fsp3) is 0.450. The van der Waals surface area contributed by atoms with Crippen LogP contribution in [0.1, 0.15) is 36.2 Å². The first-order chi connectivity index (χ1) is 13.5. The van der Waals surface area contributed by atoms with Gasteiger partial charge in [0.05, 0.1) is 19.3 Å². The monoisotopic (exact) mass is 404 g/mol. The molecular weight excluding hydrogens is 380 g/mol. The molecule has 0 spiro atoms. The predicted molar refractivity (Wildman–Crippen MR) is 109 cm³/mol. The van der Waals surface area contributed by atoms with Crippen molar-refractivity contribution in [2.24, 2.45) is 0 Å². The van der Waals surface area contributed by atoms with Crippen LogP contribution in [0.2, 0.25) is 5.02 Å². The topological polar surface area (TPSA) is 87.3 Å². The summed E-state index contributed by atoms with van der Waals surface area (Å²) < 4.78 is 5.33. The zero-order valence-corrected chi connectivity index (χ0v) is 16.9. The summed E-state index contributed by atoms with van der Waals surface area (Å²) in [7, 11) is 0. The second-order valence-electron chi connectivity index (χ2n) is 6.86. The number of morpholine rings is 1. The number of aromatic amines is 1. The molecule has 0 aliphatic carbocycles. The molecule has 0 saturated carbocycles. The predicted octanol–water partition coefficient (Wildman–Crippen LogP) is 2.38. The molecule has 1 aliphatic heterocycles. The second kappa shape index (κ2) is 9.21. The van der Waals surface area contributed by atoms with Crippen molar-refractivity contribution in [3.05, 3.63) is 56.5 Å². The van der Waals surface area contributed by atoms with E-state index in [4.69, 9.17) is 16.3 Å². The number of H-pyrrole nitrogens is 1. The van der Waals surface area contributed by atoms with E-state index in [1.54, 1.807) is 13.0 Å². The number of hydrogen-bond donors (Lipinski definition) is 2. The van der Waals surface area contributed by atoms with Crippen LogP contribution in [0, 0.1) is 6.92 Å². The fourth-order valence-corrected chi connectivity index (χ4v) is 3.57. The number of hydrogen-bond acceptors (Lipinski definition) is 5. The molecule has 1 saturated heterocycles. The van der Waals surface area contributed by atoms with E-state index in [-0.39, 0.29) is 23.9 Å². The number of anilines is 1. The van der Waals surface area contributed by atoms with Crippen LogP contribution in [0.25, 0.3) is 0 Å². The molecule has 1 aromatic heterocycles. The molecule has 1 unspecified atom stereocenters. The van der Waals surface area contributed by atoms with E-state index < -0.39 is 0 Å². The summed E-state index contributed by atoms with van der Waals surface area (Å²) in [5, 5.41) is 3.55. The van der Waals surface area contributed by atoms with Gasteiger partial charge in [-0.15, -0.1) is 0 Å². The lowest BCUT2D eigenvalue weighted by Gasteiger charge is -2.27. The third-order valence-corrected chi connectivity index (χ3v) is 5.22. The van der Waals surface area contributed by atoms with Gasteiger partial charge in [-0.05, 0) is 31.9 Å². The van der Waals surface area contributed by atoms with Gasteiger partial charge in [0.2, 0.25) is 11.9 Å². The van der Waals surface area contributed by atoms with E-state index in [1.807, 2.05) is 30.0 Å². The Morgan fingerprint density at radius 3 is 2.75 bits per heavy atom. The summed E-state index contributed by atoms with van der Waals surface area (Å²) in [6, 6.07) is 7.21. The fourth-order valence-electron chi connectivity index (χ4n) is 3.27. The SMILES string of the molecule is Cc1nc(N2CCOCC2)[nH]c(=O)c1CCC(=O)NC(C)c1ccccc1Cl. The normalized spacial score (nSPS) is 15.3. The van der Waals surface area contributed by atoms with E-state index in [9.17, 15) is 9.59 Å². The first kappa shape index (κ1) is 20.4. The Bertz CT molecular complexity index is 893. The maximum absolute atomic E-state index is 12.5. The summed E-state index contributed by atoms with van der Waals surface area (Å²) in [4.78, 5) is 34.2. The number of halogens is 1. The third kappa shape index (κ3) is 4.91. The van der Waals surface area contributed by atoms with E-state index in [1.165, 1.54) is 0 Å². The number of carbonyl (C=O) groups excluding carboxylic acids is 1. The van der Waals surface area contributed by atoms with Crippen LogP contribution in [0.15, 0.2) is 29.1 Å². The first-order valence-electron chi connectivity index (χ1n) is 9.42. The molecule has 0 bridgehead atoms. The molecule has 0 radical (unpaired) electrons. The summed E-state index contributed by atoms with van der Waals surface area (Å²) in [5.74, 6) is 0.426. The smallest absolute Gasteiger partial charge is 0.255 e. The van der Waals surface area contributed by atoms with Crippen molar-refractivity contribution in [3.63, 3.8) is 0 Å². The maximum atomic E-state index is 12.5. The standard InChI is InChI=1S/C20H25ClN4O3/c1-13(15-5-3-4-6-17(15)21)22-18(26)8-7-16-14(2)23-20(24-19(16)27)25-9-11-28-12-10-25/h3-6,13H,7-12H2,1-2H3,(H,22,26)(H,23,24,27). The molecule has 1 aromatic carbocycles. The summed E-state index contributed by atoms with van der Waals surface area (Å²) in [6.45, 7) is 6.32. The molecular formula is C20H25ClN4O3. The van der Waals surface area contributed by atoms with Crippen LogP contribution < -0.4 is 15.8 Å². The first-order valence-corrected chi connectivity index (χ1v) is 9.79. The maximum Gasteiger partial charge on any atom is 0.255 e. The average molecular weight is 405 g/mol. The lowest BCUT2D eigenvalue weighted by Crippen LogP contribution is -2.38. The van der Waals surface area contributed by atoms with Crippen LogP contribution in [-0.4, -0.2) is 42.2 Å². The van der Waals surface area contributed by atoms with E-state index in [2.05, 4.69) is 15.3 Å². The molecule has 8 heteroatoms. The van der Waals surface area contributed by atoms with Gasteiger partial charge in [-0.2, -0.15) is 0 Å². The quantitative estimate of drug-likeness (QED) is 0.771. The van der Waals surface area contributed by atoms with Gasteiger partial charge in [-0.25, -0.2) is 4.98 Å². The number of nitrogens with zero attached hydrogens (tertiary/aromatic N) is 2. The molecule has 2 N–H and O–H groups in total. The van der Waals surface area contributed by atoms with Crippen LogP contribution >= 0.6 is 11.6 Å². The van der Waals surface area contributed by atoms with Gasteiger partial charge >= 0.3 is 0 Å². The highest BCUT2D eigenvalue weighted by molar-refractivity contribution is 6.31. The third-order valence-electron chi connectivity index (χ3n) is 4.87. The minimum atomic E-state index is -0.206. The molecule has 1 fully saturated rings. The van der Waals surface area contributed by atoms with Crippen LogP contribution in [0.5, 0.6) is 0 Å². The Morgan fingerprint density at radius 1 is 1.36 bits per heavy atom. The minimum Gasteiger partial charge on any atom is -0.378 e. The largest absolute Gasteiger partial charge is 0.378 e. The number of rotatable bonds is 6. The second-order valence-corrected chi connectivity index (χ2v) is 7.27. The zero-order chi connectivity index (χ0) is 20.1. The zero-order valence-electron chi connectivity index (χ0n) is 16.1. The van der Waals surface area contributed by atoms with Crippen molar-refractivity contribution in [2.75, 3.05) is 31.2 Å². The van der Waals surface area contributed by atoms with Gasteiger partial charge in [0.15, 0.2) is 0 Å². The van der Waals surface area contributed by atoms with E-state index >= 15 is 0 Å². The van der Waals surface area contributed by atoms with Crippen molar-refractivity contribution in [2.45, 2.75) is 32.7 Å². The Balaban J connectivity index is 1.61. The molecule has 7 nitrogen and oxygen atoms in total. The minimum absolute atomic E-state index is 0.136. The Hall–Kier alpha value is -2.38. The van der Waals surface area contributed by atoms with Gasteiger partial charge < -0.3 is 15.0 Å². The number of benzene rings is 1. The number of carbonyl (C=O) groups is 1. The van der Waals surface area contributed by atoms with Gasteiger partial charge in [0.1, 0.15) is 0 Å². The lowest BCUT2D eigenvalue weighted by molar-refractivity contribution is -0.121. The molecule has 1 aliphatic rings. The number of nitrogens with one attached hydrogen (secondary N) is 2. The molecule has 2 heterocycles. The van der Waals surface area contributed by atoms with Crippen LogP contribution in [0.3, 0.4) is 0 Å². The number of aromatic nitrogens is 2. The number of amides is 1. The highest BCUT2D eigenvalue weighted by atomic mass is 35.5. The highest BCUT2D eigenvalue weighted by Gasteiger charge is 2.17. The molecule has 1 amide bonds. The summed E-state index contributed by atoms with van der Waals surface area (Å²) in [5.41, 5.74) is 1.86. The van der Waals surface area contributed by atoms with Gasteiger partial charge in [0, 0.05) is 35.8 Å². The van der Waals surface area contributed by atoms with Crippen molar-refractivity contribution in [1.82, 2.24) is 15.3 Å². The summed E-state index contributed by atoms with van der Waals surface area (Å²) >= 11 is 6.18. The van der Waals surface area contributed by atoms with Crippen molar-refractivity contribution in [3.8, 4) is 0 Å². The summed E-state index contributed by atoms with van der Waals surface area (Å²) in [6.07, 6.45) is 0.538. The molecule has 1 atom stereocenters. The number of ether oxygens (including phenoxy) is 1. The number of aryl methyl sites for hydroxylation is 1. The van der Waals surface area contributed by atoms with Crippen LogP contribution in [-0.2, 0) is 16.0 Å². The molecule has 3 rings (SSSR count). The Morgan fingerprint density at radius 2 is 2.07 bits per heavy atom. The van der Waals surface area contributed by atoms with Crippen molar-refractivity contribution >= 4 is 23.5 Å². The van der Waals surface area contributed by atoms with Gasteiger partial charge in [-0.3, -0.25) is 14.6 Å². The molecule has 28 heavy (non-hydrogen) atoms. The molecule has 150 valence electrons.